The minimum absolute atomic E-state index is 0. The second-order valence-corrected chi connectivity index (χ2v) is 1.21. The van der Waals surface area contributed by atoms with Gasteiger partial charge in [-0.25, -0.2) is 9.97 Å². The lowest BCUT2D eigenvalue weighted by molar-refractivity contribution is 1.14. The van der Waals surface area contributed by atoms with Crippen molar-refractivity contribution in [2.75, 3.05) is 0 Å². The molecule has 0 N–H and O–H groups in total. The van der Waals surface area contributed by atoms with E-state index in [1.165, 1.54) is 12.5 Å². The molecule has 1 aromatic heterocycles. The zero-order chi connectivity index (χ0) is 5.82. The maximum absolute atomic E-state index is 8.20. The fourth-order valence-electron chi connectivity index (χ4n) is 0.357. The normalized spacial score (nSPS) is 7.00. The van der Waals surface area contributed by atoms with Crippen LogP contribution in [0.15, 0.2) is 18.6 Å². The molecule has 4 heteroatoms. The molecule has 0 unspecified atom stereocenters. The van der Waals surface area contributed by atoms with E-state index in [1.807, 2.05) is 6.07 Å². The third kappa shape index (κ3) is 2.06. The molecule has 0 aliphatic rings. The van der Waals surface area contributed by atoms with Gasteiger partial charge >= 0.3 is 0 Å². The van der Waals surface area contributed by atoms with Crippen molar-refractivity contribution in [3.63, 3.8) is 0 Å². The predicted octanol–water partition coefficient (Wildman–Crippen LogP) is 0.770. The second-order valence-electron chi connectivity index (χ2n) is 1.21. The van der Waals surface area contributed by atoms with E-state index < -0.39 is 0 Å². The Balaban J connectivity index is 0.000000640. The molecule has 1 rings (SSSR count). The van der Waals surface area contributed by atoms with Gasteiger partial charge in [-0.15, -0.1) is 12.4 Å². The van der Waals surface area contributed by atoms with Gasteiger partial charge in [-0.1, -0.05) is 0 Å². The van der Waals surface area contributed by atoms with Crippen molar-refractivity contribution in [2.45, 2.75) is 0 Å². The Kier molecular flexibility index (Phi) is 3.33. The van der Waals surface area contributed by atoms with Crippen LogP contribution in [0.25, 0.3) is 0 Å². The Bertz CT molecular complexity index is 203. The van der Waals surface area contributed by atoms with Gasteiger partial charge in [-0.3, -0.25) is 0 Å². The quantitative estimate of drug-likeness (QED) is 0.536. The van der Waals surface area contributed by atoms with Crippen molar-refractivity contribution in [3.8, 4) is 6.07 Å². The maximum atomic E-state index is 8.20. The highest BCUT2D eigenvalue weighted by Crippen LogP contribution is 1.83. The largest absolute Gasteiger partial charge is 0.245 e. The van der Waals surface area contributed by atoms with Crippen LogP contribution >= 0.6 is 12.4 Å². The molecule has 0 atom stereocenters. The SMILES string of the molecule is Cl.N#Cc1ccncn1. The van der Waals surface area contributed by atoms with Gasteiger partial charge in [0.2, 0.25) is 0 Å². The van der Waals surface area contributed by atoms with Gasteiger partial charge < -0.3 is 0 Å². The summed E-state index contributed by atoms with van der Waals surface area (Å²) < 4.78 is 0. The van der Waals surface area contributed by atoms with Gasteiger partial charge in [-0.05, 0) is 6.07 Å². The standard InChI is InChI=1S/C5H3N3.ClH/c6-3-5-1-2-7-4-8-5;/h1-2,4H;1H. The molecule has 46 valence electrons. The fraction of sp³-hybridized carbons (Fsp3) is 0. The summed E-state index contributed by atoms with van der Waals surface area (Å²) in [6.07, 6.45) is 2.88. The number of aromatic nitrogens is 2. The van der Waals surface area contributed by atoms with Gasteiger partial charge in [0.25, 0.3) is 0 Å². The maximum Gasteiger partial charge on any atom is 0.143 e. The molecule has 0 amide bonds. The lowest BCUT2D eigenvalue weighted by atomic mass is 10.5. The summed E-state index contributed by atoms with van der Waals surface area (Å²) in [6, 6.07) is 3.43. The van der Waals surface area contributed by atoms with Gasteiger partial charge in [0.15, 0.2) is 0 Å². The van der Waals surface area contributed by atoms with Crippen molar-refractivity contribution in [1.82, 2.24) is 9.97 Å². The summed E-state index contributed by atoms with van der Waals surface area (Å²) in [4.78, 5) is 7.26. The first kappa shape index (κ1) is 7.86. The molecule has 0 fully saturated rings. The van der Waals surface area contributed by atoms with Crippen LogP contribution in [0, 0.1) is 11.3 Å². The van der Waals surface area contributed by atoms with E-state index in [0.717, 1.165) is 0 Å². The summed E-state index contributed by atoms with van der Waals surface area (Å²) in [7, 11) is 0. The second kappa shape index (κ2) is 3.81. The first-order valence-electron chi connectivity index (χ1n) is 2.09. The van der Waals surface area contributed by atoms with Gasteiger partial charge in [0, 0.05) is 6.20 Å². The molecule has 0 saturated heterocycles. The third-order valence-corrected chi connectivity index (χ3v) is 0.697. The summed E-state index contributed by atoms with van der Waals surface area (Å²) in [5.41, 5.74) is 0.403. The van der Waals surface area contributed by atoms with E-state index >= 15 is 0 Å². The Morgan fingerprint density at radius 1 is 1.56 bits per heavy atom. The molecule has 0 radical (unpaired) electrons. The van der Waals surface area contributed by atoms with E-state index in [2.05, 4.69) is 9.97 Å². The number of hydrogen-bond donors (Lipinski definition) is 0. The molecule has 0 bridgehead atoms. The van der Waals surface area contributed by atoms with Crippen LogP contribution in [-0.4, -0.2) is 9.97 Å². The van der Waals surface area contributed by atoms with Crippen LogP contribution in [0.5, 0.6) is 0 Å². The van der Waals surface area contributed by atoms with Crippen molar-refractivity contribution in [2.24, 2.45) is 0 Å². The lowest BCUT2D eigenvalue weighted by Gasteiger charge is -1.79. The molecular formula is C5H4ClN3. The number of nitriles is 1. The summed E-state index contributed by atoms with van der Waals surface area (Å²) in [6.45, 7) is 0. The number of halogens is 1. The van der Waals surface area contributed by atoms with Gasteiger partial charge in [0.05, 0.1) is 0 Å². The predicted molar refractivity (Wildman–Crippen MR) is 34.0 cm³/mol. The average molecular weight is 142 g/mol. The first-order valence-corrected chi connectivity index (χ1v) is 2.09. The Labute approximate surface area is 58.8 Å². The van der Waals surface area contributed by atoms with Crippen molar-refractivity contribution in [3.05, 3.63) is 24.3 Å². The molecule has 0 aromatic carbocycles. The fourth-order valence-corrected chi connectivity index (χ4v) is 0.357. The summed E-state index contributed by atoms with van der Waals surface area (Å²) in [5, 5.41) is 8.20. The van der Waals surface area contributed by atoms with Crippen LogP contribution < -0.4 is 0 Å². The van der Waals surface area contributed by atoms with E-state index in [9.17, 15) is 0 Å². The Morgan fingerprint density at radius 2 is 2.33 bits per heavy atom. The Hall–Kier alpha value is -1.14. The molecule has 0 aliphatic carbocycles. The molecular weight excluding hydrogens is 138 g/mol. The topological polar surface area (TPSA) is 49.6 Å². The van der Waals surface area contributed by atoms with Gasteiger partial charge in [0.1, 0.15) is 18.1 Å². The Morgan fingerprint density at radius 3 is 2.67 bits per heavy atom. The number of nitrogens with zero attached hydrogens (tertiary/aromatic N) is 3. The molecule has 1 aromatic rings. The minimum Gasteiger partial charge on any atom is -0.245 e. The molecule has 0 aliphatic heterocycles. The smallest absolute Gasteiger partial charge is 0.143 e. The zero-order valence-electron chi connectivity index (χ0n) is 4.48. The van der Waals surface area contributed by atoms with E-state index in [4.69, 9.17) is 5.26 Å². The molecule has 0 saturated carbocycles. The van der Waals surface area contributed by atoms with E-state index in [0.29, 0.717) is 5.69 Å². The van der Waals surface area contributed by atoms with Crippen LogP contribution in [0.4, 0.5) is 0 Å². The van der Waals surface area contributed by atoms with E-state index in [1.54, 1.807) is 6.07 Å². The van der Waals surface area contributed by atoms with E-state index in [-0.39, 0.29) is 12.4 Å². The van der Waals surface area contributed by atoms with Crippen LogP contribution in [0.3, 0.4) is 0 Å². The van der Waals surface area contributed by atoms with Gasteiger partial charge in [-0.2, -0.15) is 5.26 Å². The molecule has 3 nitrogen and oxygen atoms in total. The average Bonchev–Trinajstić information content (AvgIpc) is 1.90. The van der Waals surface area contributed by atoms with Crippen LogP contribution in [-0.2, 0) is 0 Å². The number of rotatable bonds is 0. The number of hydrogen-bond acceptors (Lipinski definition) is 3. The zero-order valence-corrected chi connectivity index (χ0v) is 5.30. The van der Waals surface area contributed by atoms with Crippen molar-refractivity contribution >= 4 is 12.4 Å². The van der Waals surface area contributed by atoms with Crippen molar-refractivity contribution in [1.29, 1.82) is 5.26 Å². The van der Waals surface area contributed by atoms with Crippen molar-refractivity contribution < 1.29 is 0 Å². The molecule has 1 heterocycles. The molecule has 9 heavy (non-hydrogen) atoms. The molecule has 0 spiro atoms. The monoisotopic (exact) mass is 141 g/mol. The van der Waals surface area contributed by atoms with Crippen LogP contribution in [0.2, 0.25) is 0 Å². The van der Waals surface area contributed by atoms with Crippen LogP contribution in [0.1, 0.15) is 5.69 Å². The summed E-state index contributed by atoms with van der Waals surface area (Å²) >= 11 is 0. The highest BCUT2D eigenvalue weighted by molar-refractivity contribution is 5.85. The first-order chi connectivity index (χ1) is 3.93. The lowest BCUT2D eigenvalue weighted by Crippen LogP contribution is -1.79. The highest BCUT2D eigenvalue weighted by atomic mass is 35.5. The minimum atomic E-state index is 0. The summed E-state index contributed by atoms with van der Waals surface area (Å²) in [5.74, 6) is 0. The highest BCUT2D eigenvalue weighted by Gasteiger charge is 1.82. The third-order valence-electron chi connectivity index (χ3n) is 0.697.